The number of para-hydroxylation sites is 1. The molecule has 1 atom stereocenters. The van der Waals surface area contributed by atoms with Crippen LogP contribution in [0.4, 0.5) is 5.69 Å². The van der Waals surface area contributed by atoms with Gasteiger partial charge in [0.1, 0.15) is 5.75 Å². The third kappa shape index (κ3) is 5.87. The maximum absolute atomic E-state index is 13.0. The van der Waals surface area contributed by atoms with Crippen molar-refractivity contribution in [3.63, 3.8) is 0 Å². The minimum Gasteiger partial charge on any atom is -0.455 e. The number of benzene rings is 3. The van der Waals surface area contributed by atoms with Crippen molar-refractivity contribution in [3.8, 4) is 11.5 Å². The number of hydrogen-bond acceptors (Lipinski definition) is 5. The predicted octanol–water partition coefficient (Wildman–Crippen LogP) is 4.50. The van der Waals surface area contributed by atoms with Crippen LogP contribution < -0.4 is 10.1 Å². The number of anilines is 1. The molecule has 3 rings (SSSR count). The van der Waals surface area contributed by atoms with E-state index in [2.05, 4.69) is 5.32 Å². The van der Waals surface area contributed by atoms with Crippen molar-refractivity contribution in [2.24, 2.45) is 0 Å². The molecule has 3 aromatic carbocycles. The highest BCUT2D eigenvalue weighted by Crippen LogP contribution is 2.33. The molecule has 3 aromatic rings. The van der Waals surface area contributed by atoms with Gasteiger partial charge in [-0.1, -0.05) is 32.0 Å². The van der Waals surface area contributed by atoms with Gasteiger partial charge in [-0.05, 0) is 54.6 Å². The first-order valence-corrected chi connectivity index (χ1v) is 13.4. The standard InChI is InChI=1S/C24H26N2O5S2/c1-4-26(5-2)33(29,30)21-15-16-23(31-19-9-7-6-8-10-19)22(17-21)25-24(27)18-11-13-20(14-12-18)32(3)28/h6-17H,4-5H2,1-3H3,(H,25,27)/t32-/m1/s1. The van der Waals surface area contributed by atoms with Gasteiger partial charge in [0, 0.05) is 40.6 Å². The summed E-state index contributed by atoms with van der Waals surface area (Å²) in [5.74, 6) is 0.403. The van der Waals surface area contributed by atoms with Gasteiger partial charge in [-0.2, -0.15) is 4.31 Å². The Kier molecular flexibility index (Phi) is 8.01. The molecular weight excluding hydrogens is 460 g/mol. The largest absolute Gasteiger partial charge is 0.455 e. The summed E-state index contributed by atoms with van der Waals surface area (Å²) in [6, 6.07) is 19.8. The van der Waals surface area contributed by atoms with Crippen LogP contribution in [-0.4, -0.2) is 42.2 Å². The van der Waals surface area contributed by atoms with Crippen molar-refractivity contribution in [3.05, 3.63) is 78.4 Å². The number of amides is 1. The summed E-state index contributed by atoms with van der Waals surface area (Å²) in [7, 11) is -4.89. The first-order valence-electron chi connectivity index (χ1n) is 10.4. The van der Waals surface area contributed by atoms with E-state index in [9.17, 15) is 17.4 Å². The first kappa shape index (κ1) is 24.6. The summed E-state index contributed by atoms with van der Waals surface area (Å²) in [6.07, 6.45) is 1.56. The number of hydrogen-bond donors (Lipinski definition) is 1. The summed E-state index contributed by atoms with van der Waals surface area (Å²) in [6.45, 7) is 4.19. The third-order valence-corrected chi connectivity index (χ3v) is 7.94. The van der Waals surface area contributed by atoms with Crippen LogP contribution in [0.1, 0.15) is 24.2 Å². The Bertz CT molecular complexity index is 1240. The van der Waals surface area contributed by atoms with Crippen LogP contribution in [0, 0.1) is 0 Å². The van der Waals surface area contributed by atoms with E-state index in [-0.39, 0.29) is 10.6 Å². The van der Waals surface area contributed by atoms with Gasteiger partial charge in [-0.25, -0.2) is 8.42 Å². The second-order valence-corrected chi connectivity index (χ2v) is 10.4. The Hall–Kier alpha value is -3.01. The van der Waals surface area contributed by atoms with Crippen molar-refractivity contribution < 1.29 is 22.2 Å². The second-order valence-electron chi connectivity index (χ2n) is 7.10. The van der Waals surface area contributed by atoms with Gasteiger partial charge in [-0.15, -0.1) is 0 Å². The Labute approximate surface area is 196 Å². The second kappa shape index (κ2) is 10.7. The fraction of sp³-hybridized carbons (Fsp3) is 0.208. The molecule has 0 unspecified atom stereocenters. The van der Waals surface area contributed by atoms with Crippen LogP contribution in [0.2, 0.25) is 0 Å². The SMILES string of the molecule is CCN(CC)S(=O)(=O)c1ccc(Oc2ccccc2)c(NC(=O)c2ccc([S@@](C)=O)cc2)c1. The molecule has 1 amide bonds. The van der Waals surface area contributed by atoms with Crippen LogP contribution in [0.25, 0.3) is 0 Å². The van der Waals surface area contributed by atoms with Crippen molar-refractivity contribution in [2.75, 3.05) is 24.7 Å². The number of nitrogens with zero attached hydrogens (tertiary/aromatic N) is 1. The average molecular weight is 487 g/mol. The molecule has 0 aliphatic rings. The monoisotopic (exact) mass is 486 g/mol. The first-order chi connectivity index (χ1) is 15.8. The molecular formula is C24H26N2O5S2. The molecule has 0 bridgehead atoms. The fourth-order valence-electron chi connectivity index (χ4n) is 3.18. The molecule has 0 heterocycles. The van der Waals surface area contributed by atoms with E-state index in [1.165, 1.54) is 22.5 Å². The quantitative estimate of drug-likeness (QED) is 0.481. The van der Waals surface area contributed by atoms with Crippen molar-refractivity contribution in [2.45, 2.75) is 23.6 Å². The molecule has 0 radical (unpaired) electrons. The Morgan fingerprint density at radius 1 is 0.970 bits per heavy atom. The minimum absolute atomic E-state index is 0.0543. The number of nitrogens with one attached hydrogen (secondary N) is 1. The van der Waals surface area contributed by atoms with Gasteiger partial charge < -0.3 is 10.1 Å². The van der Waals surface area contributed by atoms with Gasteiger partial charge in [0.2, 0.25) is 10.0 Å². The van der Waals surface area contributed by atoms with Crippen LogP contribution in [0.15, 0.2) is 82.6 Å². The molecule has 0 aliphatic carbocycles. The van der Waals surface area contributed by atoms with Crippen molar-refractivity contribution in [1.29, 1.82) is 0 Å². The summed E-state index contributed by atoms with van der Waals surface area (Å²) in [4.78, 5) is 13.6. The van der Waals surface area contributed by atoms with E-state index >= 15 is 0 Å². The van der Waals surface area contributed by atoms with E-state index < -0.39 is 26.7 Å². The lowest BCUT2D eigenvalue weighted by atomic mass is 10.2. The molecule has 0 saturated heterocycles. The lowest BCUT2D eigenvalue weighted by molar-refractivity contribution is 0.102. The number of ether oxygens (including phenoxy) is 1. The van der Waals surface area contributed by atoms with E-state index in [0.29, 0.717) is 35.0 Å². The normalized spacial score (nSPS) is 12.4. The van der Waals surface area contributed by atoms with Gasteiger partial charge in [-0.3, -0.25) is 9.00 Å². The van der Waals surface area contributed by atoms with Crippen LogP contribution in [0.5, 0.6) is 11.5 Å². The number of rotatable bonds is 9. The lowest BCUT2D eigenvalue weighted by Crippen LogP contribution is -2.30. The number of sulfonamides is 1. The van der Waals surface area contributed by atoms with E-state index in [4.69, 9.17) is 4.74 Å². The Morgan fingerprint density at radius 2 is 1.61 bits per heavy atom. The van der Waals surface area contributed by atoms with Gasteiger partial charge in [0.05, 0.1) is 10.6 Å². The highest BCUT2D eigenvalue weighted by Gasteiger charge is 2.23. The number of carbonyl (C=O) groups excluding carboxylic acids is 1. The van der Waals surface area contributed by atoms with Gasteiger partial charge >= 0.3 is 0 Å². The van der Waals surface area contributed by atoms with Crippen molar-refractivity contribution in [1.82, 2.24) is 4.31 Å². The zero-order valence-corrected chi connectivity index (χ0v) is 20.3. The maximum atomic E-state index is 13.0. The molecule has 0 fully saturated rings. The summed E-state index contributed by atoms with van der Waals surface area (Å²) in [5, 5.41) is 2.76. The Morgan fingerprint density at radius 3 is 2.18 bits per heavy atom. The third-order valence-electron chi connectivity index (χ3n) is 4.96. The summed E-state index contributed by atoms with van der Waals surface area (Å²) < 4.78 is 44.9. The van der Waals surface area contributed by atoms with E-state index in [1.54, 1.807) is 56.5 Å². The smallest absolute Gasteiger partial charge is 0.255 e. The van der Waals surface area contributed by atoms with Crippen LogP contribution in [-0.2, 0) is 20.8 Å². The molecule has 0 spiro atoms. The highest BCUT2D eigenvalue weighted by molar-refractivity contribution is 7.89. The zero-order chi connectivity index (χ0) is 24.0. The molecule has 0 saturated carbocycles. The fourth-order valence-corrected chi connectivity index (χ4v) is 5.18. The Balaban J connectivity index is 1.99. The maximum Gasteiger partial charge on any atom is 0.255 e. The van der Waals surface area contributed by atoms with E-state index in [0.717, 1.165) is 0 Å². The van der Waals surface area contributed by atoms with Crippen LogP contribution >= 0.6 is 0 Å². The van der Waals surface area contributed by atoms with Gasteiger partial charge in [0.25, 0.3) is 5.91 Å². The average Bonchev–Trinajstić information content (AvgIpc) is 2.81. The molecule has 9 heteroatoms. The molecule has 0 aliphatic heterocycles. The molecule has 33 heavy (non-hydrogen) atoms. The number of carbonyl (C=O) groups is 1. The topological polar surface area (TPSA) is 92.8 Å². The molecule has 0 aromatic heterocycles. The molecule has 1 N–H and O–H groups in total. The van der Waals surface area contributed by atoms with Crippen LogP contribution in [0.3, 0.4) is 0 Å². The van der Waals surface area contributed by atoms with Crippen molar-refractivity contribution >= 4 is 32.4 Å². The van der Waals surface area contributed by atoms with Gasteiger partial charge in [0.15, 0.2) is 5.75 Å². The summed E-state index contributed by atoms with van der Waals surface area (Å²) >= 11 is 0. The van der Waals surface area contributed by atoms with E-state index in [1.807, 2.05) is 18.2 Å². The highest BCUT2D eigenvalue weighted by atomic mass is 32.2. The molecule has 174 valence electrons. The lowest BCUT2D eigenvalue weighted by Gasteiger charge is -2.20. The summed E-state index contributed by atoms with van der Waals surface area (Å²) in [5.41, 5.74) is 0.562. The zero-order valence-electron chi connectivity index (χ0n) is 18.6. The predicted molar refractivity (Wildman–Crippen MR) is 130 cm³/mol. The minimum atomic E-state index is -3.74. The molecule has 7 nitrogen and oxygen atoms in total.